The molecular formula is C13H14FN3. The van der Waals surface area contributed by atoms with Crippen LogP contribution in [0.1, 0.15) is 19.2 Å². The number of hydrogen-bond donors (Lipinski definition) is 0. The van der Waals surface area contributed by atoms with E-state index in [1.165, 1.54) is 12.1 Å². The van der Waals surface area contributed by atoms with Crippen LogP contribution in [0.5, 0.6) is 0 Å². The van der Waals surface area contributed by atoms with Crippen LogP contribution in [0.15, 0.2) is 24.3 Å². The highest BCUT2D eigenvalue weighted by Crippen LogP contribution is 2.22. The summed E-state index contributed by atoms with van der Waals surface area (Å²) in [6.07, 6.45) is 2.10. The molecule has 0 bridgehead atoms. The molecule has 3 nitrogen and oxygen atoms in total. The molecule has 88 valence electrons. The molecule has 2 aromatic rings. The van der Waals surface area contributed by atoms with E-state index in [2.05, 4.69) is 17.0 Å². The van der Waals surface area contributed by atoms with Crippen molar-refractivity contribution in [3.8, 4) is 11.4 Å². The highest BCUT2D eigenvalue weighted by molar-refractivity contribution is 5.54. The SMILES string of the molecule is CC1CCn2nc(-c3cccc(F)c3)nc2C1. The summed E-state index contributed by atoms with van der Waals surface area (Å²) < 4.78 is 15.1. The molecule has 1 aromatic heterocycles. The van der Waals surface area contributed by atoms with E-state index in [1.807, 2.05) is 10.7 Å². The van der Waals surface area contributed by atoms with Crippen LogP contribution < -0.4 is 0 Å². The first kappa shape index (κ1) is 10.4. The van der Waals surface area contributed by atoms with E-state index in [4.69, 9.17) is 0 Å². The summed E-state index contributed by atoms with van der Waals surface area (Å²) in [6, 6.07) is 6.44. The van der Waals surface area contributed by atoms with Gasteiger partial charge in [0, 0.05) is 18.5 Å². The molecule has 4 heteroatoms. The Morgan fingerprint density at radius 3 is 3.12 bits per heavy atom. The van der Waals surface area contributed by atoms with Gasteiger partial charge < -0.3 is 0 Å². The van der Waals surface area contributed by atoms with E-state index < -0.39 is 0 Å². The first-order valence-electron chi connectivity index (χ1n) is 5.92. The average molecular weight is 231 g/mol. The number of fused-ring (bicyclic) bond motifs is 1. The summed E-state index contributed by atoms with van der Waals surface area (Å²) in [5.41, 5.74) is 0.750. The highest BCUT2D eigenvalue weighted by Gasteiger charge is 2.19. The summed E-state index contributed by atoms with van der Waals surface area (Å²) in [4.78, 5) is 4.50. The van der Waals surface area contributed by atoms with Gasteiger partial charge in [-0.05, 0) is 24.5 Å². The summed E-state index contributed by atoms with van der Waals surface area (Å²) in [5, 5.41) is 4.44. The molecule has 3 rings (SSSR count). The lowest BCUT2D eigenvalue weighted by molar-refractivity contribution is 0.386. The number of nitrogens with zero attached hydrogens (tertiary/aromatic N) is 3. The molecule has 0 amide bonds. The van der Waals surface area contributed by atoms with Gasteiger partial charge in [-0.2, -0.15) is 5.10 Å². The van der Waals surface area contributed by atoms with Crippen molar-refractivity contribution >= 4 is 0 Å². The second-order valence-corrected chi connectivity index (χ2v) is 4.68. The predicted octanol–water partition coefficient (Wildman–Crippen LogP) is 2.67. The molecule has 17 heavy (non-hydrogen) atoms. The van der Waals surface area contributed by atoms with Gasteiger partial charge in [0.15, 0.2) is 5.82 Å². The lowest BCUT2D eigenvalue weighted by Crippen LogP contribution is -2.18. The van der Waals surface area contributed by atoms with E-state index in [0.717, 1.165) is 30.8 Å². The number of rotatable bonds is 1. The van der Waals surface area contributed by atoms with Crippen molar-refractivity contribution in [1.29, 1.82) is 0 Å². The van der Waals surface area contributed by atoms with E-state index in [9.17, 15) is 4.39 Å². The third-order valence-corrected chi connectivity index (χ3v) is 3.20. The van der Waals surface area contributed by atoms with Gasteiger partial charge in [-0.25, -0.2) is 14.1 Å². The van der Waals surface area contributed by atoms with Gasteiger partial charge in [0.25, 0.3) is 0 Å². The van der Waals surface area contributed by atoms with Crippen molar-refractivity contribution in [3.63, 3.8) is 0 Å². The predicted molar refractivity (Wildman–Crippen MR) is 62.9 cm³/mol. The van der Waals surface area contributed by atoms with Gasteiger partial charge in [-0.3, -0.25) is 0 Å². The molecule has 1 aromatic carbocycles. The molecule has 0 radical (unpaired) electrons. The number of hydrogen-bond acceptors (Lipinski definition) is 2. The minimum Gasteiger partial charge on any atom is -0.249 e. The fraction of sp³-hybridized carbons (Fsp3) is 0.385. The van der Waals surface area contributed by atoms with E-state index in [1.54, 1.807) is 6.07 Å². The Labute approximate surface area is 99.3 Å². The molecule has 0 N–H and O–H groups in total. The Morgan fingerprint density at radius 2 is 2.29 bits per heavy atom. The molecule has 1 aliphatic rings. The molecular weight excluding hydrogens is 217 g/mol. The normalized spacial score (nSPS) is 19.1. The highest BCUT2D eigenvalue weighted by atomic mass is 19.1. The van der Waals surface area contributed by atoms with Crippen LogP contribution in [0.4, 0.5) is 4.39 Å². The largest absolute Gasteiger partial charge is 0.249 e. The van der Waals surface area contributed by atoms with Gasteiger partial charge in [-0.1, -0.05) is 19.1 Å². The molecule has 0 fully saturated rings. The first-order valence-corrected chi connectivity index (χ1v) is 5.92. The van der Waals surface area contributed by atoms with Crippen molar-refractivity contribution < 1.29 is 4.39 Å². The van der Waals surface area contributed by atoms with Gasteiger partial charge in [0.1, 0.15) is 11.6 Å². The molecule has 1 atom stereocenters. The zero-order valence-corrected chi connectivity index (χ0v) is 9.73. The van der Waals surface area contributed by atoms with Crippen molar-refractivity contribution in [2.45, 2.75) is 26.3 Å². The van der Waals surface area contributed by atoms with Crippen LogP contribution in [0.2, 0.25) is 0 Å². The van der Waals surface area contributed by atoms with Gasteiger partial charge in [-0.15, -0.1) is 0 Å². The summed E-state index contributed by atoms with van der Waals surface area (Å²) in [7, 11) is 0. The third kappa shape index (κ3) is 1.95. The van der Waals surface area contributed by atoms with Crippen LogP contribution in [0.3, 0.4) is 0 Å². The third-order valence-electron chi connectivity index (χ3n) is 3.20. The fourth-order valence-electron chi connectivity index (χ4n) is 2.21. The van der Waals surface area contributed by atoms with Crippen LogP contribution in [-0.2, 0) is 13.0 Å². The van der Waals surface area contributed by atoms with Crippen molar-refractivity contribution in [3.05, 3.63) is 35.9 Å². The monoisotopic (exact) mass is 231 g/mol. The maximum Gasteiger partial charge on any atom is 0.181 e. The van der Waals surface area contributed by atoms with Crippen molar-refractivity contribution in [1.82, 2.24) is 14.8 Å². The van der Waals surface area contributed by atoms with Crippen LogP contribution >= 0.6 is 0 Å². The van der Waals surface area contributed by atoms with Gasteiger partial charge in [0.2, 0.25) is 0 Å². The minimum absolute atomic E-state index is 0.247. The Kier molecular flexibility index (Phi) is 2.42. The zero-order valence-electron chi connectivity index (χ0n) is 9.73. The lowest BCUT2D eigenvalue weighted by Gasteiger charge is -2.17. The maximum atomic E-state index is 13.1. The molecule has 0 spiro atoms. The number of aryl methyl sites for hydroxylation is 1. The van der Waals surface area contributed by atoms with Crippen molar-refractivity contribution in [2.75, 3.05) is 0 Å². The van der Waals surface area contributed by atoms with Crippen LogP contribution in [0, 0.1) is 11.7 Å². The molecule has 2 heterocycles. The van der Waals surface area contributed by atoms with Crippen LogP contribution in [-0.4, -0.2) is 14.8 Å². The summed E-state index contributed by atoms with van der Waals surface area (Å²) in [5.74, 6) is 2.06. The lowest BCUT2D eigenvalue weighted by atomic mass is 10.0. The summed E-state index contributed by atoms with van der Waals surface area (Å²) >= 11 is 0. The topological polar surface area (TPSA) is 30.7 Å². The zero-order chi connectivity index (χ0) is 11.8. The Balaban J connectivity index is 2.00. The quantitative estimate of drug-likeness (QED) is 0.755. The second-order valence-electron chi connectivity index (χ2n) is 4.68. The molecule has 0 saturated carbocycles. The molecule has 0 saturated heterocycles. The average Bonchev–Trinajstić information content (AvgIpc) is 2.72. The van der Waals surface area contributed by atoms with Gasteiger partial charge >= 0.3 is 0 Å². The Morgan fingerprint density at radius 1 is 1.41 bits per heavy atom. The minimum atomic E-state index is -0.247. The van der Waals surface area contributed by atoms with E-state index >= 15 is 0 Å². The maximum absolute atomic E-state index is 13.1. The molecule has 0 aliphatic carbocycles. The van der Waals surface area contributed by atoms with Crippen LogP contribution in [0.25, 0.3) is 11.4 Å². The smallest absolute Gasteiger partial charge is 0.181 e. The number of aromatic nitrogens is 3. The van der Waals surface area contributed by atoms with E-state index in [0.29, 0.717) is 11.7 Å². The Bertz CT molecular complexity index is 547. The van der Waals surface area contributed by atoms with Crippen molar-refractivity contribution in [2.24, 2.45) is 5.92 Å². The second kappa shape index (κ2) is 3.95. The molecule has 1 unspecified atom stereocenters. The van der Waals surface area contributed by atoms with E-state index in [-0.39, 0.29) is 5.82 Å². The van der Waals surface area contributed by atoms with Gasteiger partial charge in [0.05, 0.1) is 0 Å². The number of benzene rings is 1. The first-order chi connectivity index (χ1) is 8.22. The Hall–Kier alpha value is -1.71. The fourth-order valence-corrected chi connectivity index (χ4v) is 2.21. The summed E-state index contributed by atoms with van der Waals surface area (Å²) in [6.45, 7) is 3.14. The standard InChI is InChI=1S/C13H14FN3/c1-9-5-6-17-12(7-9)15-13(16-17)10-3-2-4-11(14)8-10/h2-4,8-9H,5-7H2,1H3. The molecule has 1 aliphatic heterocycles. The number of halogens is 1.